The van der Waals surface area contributed by atoms with Crippen LogP contribution in [0.5, 0.6) is 0 Å². The summed E-state index contributed by atoms with van der Waals surface area (Å²) in [6, 6.07) is 5.58. The van der Waals surface area contributed by atoms with Crippen LogP contribution in [0, 0.1) is 5.82 Å². The predicted octanol–water partition coefficient (Wildman–Crippen LogP) is 2.19. The molecule has 2 aliphatic rings. The van der Waals surface area contributed by atoms with Crippen LogP contribution in [0.1, 0.15) is 23.0 Å². The highest BCUT2D eigenvalue weighted by Gasteiger charge is 2.25. The molecule has 1 fully saturated rings. The van der Waals surface area contributed by atoms with Crippen LogP contribution < -0.4 is 15.5 Å². The van der Waals surface area contributed by atoms with E-state index >= 15 is 0 Å². The lowest BCUT2D eigenvalue weighted by Gasteiger charge is -2.35. The van der Waals surface area contributed by atoms with Crippen LogP contribution in [0.2, 0.25) is 0 Å². The predicted molar refractivity (Wildman–Crippen MR) is 124 cm³/mol. The number of hydrogen-bond acceptors (Lipinski definition) is 7. The van der Waals surface area contributed by atoms with Crippen molar-refractivity contribution in [2.24, 2.45) is 7.05 Å². The maximum atomic E-state index is 14.7. The third-order valence-electron chi connectivity index (χ3n) is 6.41. The monoisotopic (exact) mass is 450 g/mol. The minimum absolute atomic E-state index is 0.141. The molecule has 0 unspecified atom stereocenters. The van der Waals surface area contributed by atoms with Gasteiger partial charge >= 0.3 is 0 Å². The number of carbonyl (C=O) groups is 1. The Labute approximate surface area is 191 Å². The van der Waals surface area contributed by atoms with E-state index in [1.165, 1.54) is 0 Å². The topological polar surface area (TPSA) is 91.2 Å². The zero-order valence-corrected chi connectivity index (χ0v) is 18.8. The lowest BCUT2D eigenvalue weighted by atomic mass is 10.1. The van der Waals surface area contributed by atoms with Crippen molar-refractivity contribution in [1.29, 1.82) is 0 Å². The third kappa shape index (κ3) is 4.13. The third-order valence-corrected chi connectivity index (χ3v) is 6.41. The SMILES string of the molecule is CCN1CCN(c2ccc(Nc3ncc(F)c(-c4cc5c(n4C)CCNC5=O)n3)nc2)CC1. The first-order valence-corrected chi connectivity index (χ1v) is 11.2. The fourth-order valence-electron chi connectivity index (χ4n) is 4.45. The number of aromatic nitrogens is 4. The molecule has 0 spiro atoms. The van der Waals surface area contributed by atoms with Crippen LogP contribution in [-0.4, -0.2) is 69.6 Å². The second kappa shape index (κ2) is 8.78. The van der Waals surface area contributed by atoms with Crippen LogP contribution in [0.25, 0.3) is 11.4 Å². The normalized spacial score (nSPS) is 16.5. The minimum atomic E-state index is -0.548. The number of carbonyl (C=O) groups excluding carboxylic acids is 1. The fraction of sp³-hybridized carbons (Fsp3) is 0.391. The summed E-state index contributed by atoms with van der Waals surface area (Å²) in [6.07, 6.45) is 3.66. The summed E-state index contributed by atoms with van der Waals surface area (Å²) >= 11 is 0. The molecule has 9 nitrogen and oxygen atoms in total. The largest absolute Gasteiger partial charge is 0.368 e. The number of nitrogens with zero attached hydrogens (tertiary/aromatic N) is 6. The molecule has 0 atom stereocenters. The Morgan fingerprint density at radius 1 is 1.15 bits per heavy atom. The van der Waals surface area contributed by atoms with Gasteiger partial charge in [0.1, 0.15) is 11.5 Å². The average molecular weight is 451 g/mol. The Hall–Kier alpha value is -3.53. The van der Waals surface area contributed by atoms with Gasteiger partial charge in [-0.3, -0.25) is 4.79 Å². The maximum absolute atomic E-state index is 14.7. The van der Waals surface area contributed by atoms with E-state index in [0.29, 0.717) is 30.0 Å². The van der Waals surface area contributed by atoms with E-state index in [9.17, 15) is 9.18 Å². The van der Waals surface area contributed by atoms with Crippen LogP contribution in [0.3, 0.4) is 0 Å². The second-order valence-electron chi connectivity index (χ2n) is 8.29. The van der Waals surface area contributed by atoms with Crippen molar-refractivity contribution in [3.63, 3.8) is 0 Å². The molecule has 33 heavy (non-hydrogen) atoms. The summed E-state index contributed by atoms with van der Waals surface area (Å²) in [5.74, 6) is 0.126. The number of pyridine rings is 1. The van der Waals surface area contributed by atoms with E-state index < -0.39 is 5.82 Å². The van der Waals surface area contributed by atoms with Gasteiger partial charge in [-0.15, -0.1) is 0 Å². The number of nitrogens with one attached hydrogen (secondary N) is 2. The number of likely N-dealkylation sites (N-methyl/N-ethyl adjacent to an activating group) is 1. The number of halogens is 1. The zero-order valence-electron chi connectivity index (χ0n) is 18.8. The minimum Gasteiger partial charge on any atom is -0.368 e. The van der Waals surface area contributed by atoms with Crippen LogP contribution >= 0.6 is 0 Å². The Bertz CT molecular complexity index is 1170. The molecule has 1 amide bonds. The summed E-state index contributed by atoms with van der Waals surface area (Å²) in [5, 5.41) is 5.88. The molecular formula is C23H27FN8O. The first kappa shape index (κ1) is 21.3. The first-order valence-electron chi connectivity index (χ1n) is 11.2. The van der Waals surface area contributed by atoms with Crippen molar-refractivity contribution in [2.45, 2.75) is 13.3 Å². The molecule has 172 valence electrons. The Balaban J connectivity index is 1.35. The molecule has 5 rings (SSSR count). The molecule has 1 saturated heterocycles. The number of fused-ring (bicyclic) bond motifs is 1. The number of hydrogen-bond donors (Lipinski definition) is 2. The molecule has 0 radical (unpaired) electrons. The van der Waals surface area contributed by atoms with Gasteiger partial charge < -0.3 is 25.0 Å². The summed E-state index contributed by atoms with van der Waals surface area (Å²) in [6.45, 7) is 7.88. The number of rotatable bonds is 5. The van der Waals surface area contributed by atoms with Gasteiger partial charge in [-0.05, 0) is 24.7 Å². The zero-order chi connectivity index (χ0) is 22.9. The van der Waals surface area contributed by atoms with Crippen molar-refractivity contribution in [1.82, 2.24) is 29.7 Å². The fourth-order valence-corrected chi connectivity index (χ4v) is 4.45. The molecule has 2 aliphatic heterocycles. The van der Waals surface area contributed by atoms with Gasteiger partial charge in [0.2, 0.25) is 5.95 Å². The molecule has 5 heterocycles. The number of piperazine rings is 1. The van der Waals surface area contributed by atoms with Gasteiger partial charge in [0.25, 0.3) is 5.91 Å². The van der Waals surface area contributed by atoms with Crippen LogP contribution in [0.15, 0.2) is 30.6 Å². The quantitative estimate of drug-likeness (QED) is 0.616. The summed E-state index contributed by atoms with van der Waals surface area (Å²) in [5.41, 5.74) is 3.18. The summed E-state index contributed by atoms with van der Waals surface area (Å²) < 4.78 is 16.5. The molecular weight excluding hydrogens is 423 g/mol. The van der Waals surface area contributed by atoms with E-state index in [1.54, 1.807) is 6.07 Å². The van der Waals surface area contributed by atoms with Crippen molar-refractivity contribution in [3.05, 3.63) is 47.7 Å². The Kier molecular flexibility index (Phi) is 5.67. The lowest BCUT2D eigenvalue weighted by Crippen LogP contribution is -2.46. The molecule has 0 bridgehead atoms. The molecule has 10 heteroatoms. The molecule has 0 aliphatic carbocycles. The van der Waals surface area contributed by atoms with Crippen molar-refractivity contribution < 1.29 is 9.18 Å². The van der Waals surface area contributed by atoms with Gasteiger partial charge in [-0.25, -0.2) is 19.3 Å². The molecule has 3 aromatic heterocycles. The standard InChI is InChI=1S/C23H27FN8O/c1-3-31-8-10-32(11-9-31)15-4-5-20(26-13-15)28-23-27-14-17(24)21(29-23)19-12-16-18(30(19)2)6-7-25-22(16)33/h4-5,12-14H,3,6-11H2,1-2H3,(H,25,33)(H,26,27,28,29). The number of amides is 1. The molecule has 0 saturated carbocycles. The Morgan fingerprint density at radius 3 is 2.67 bits per heavy atom. The first-order chi connectivity index (χ1) is 16.0. The van der Waals surface area contributed by atoms with Gasteiger partial charge in [0, 0.05) is 51.9 Å². The van der Waals surface area contributed by atoms with Gasteiger partial charge in [0.05, 0.1) is 29.3 Å². The van der Waals surface area contributed by atoms with E-state index in [-0.39, 0.29) is 17.5 Å². The summed E-state index contributed by atoms with van der Waals surface area (Å²) in [7, 11) is 1.82. The van der Waals surface area contributed by atoms with Crippen LogP contribution in [-0.2, 0) is 13.5 Å². The van der Waals surface area contributed by atoms with E-state index in [1.807, 2.05) is 29.9 Å². The molecule has 0 aromatic carbocycles. The Morgan fingerprint density at radius 2 is 1.97 bits per heavy atom. The smallest absolute Gasteiger partial charge is 0.253 e. The van der Waals surface area contributed by atoms with Crippen molar-refractivity contribution in [2.75, 3.05) is 49.5 Å². The van der Waals surface area contributed by atoms with E-state index in [2.05, 4.69) is 42.3 Å². The second-order valence-corrected chi connectivity index (χ2v) is 8.29. The molecule has 2 N–H and O–H groups in total. The lowest BCUT2D eigenvalue weighted by molar-refractivity contribution is 0.0945. The highest BCUT2D eigenvalue weighted by atomic mass is 19.1. The van der Waals surface area contributed by atoms with Gasteiger partial charge in [0.15, 0.2) is 5.82 Å². The average Bonchev–Trinajstić information content (AvgIpc) is 3.18. The van der Waals surface area contributed by atoms with Crippen LogP contribution in [0.4, 0.5) is 21.8 Å². The number of anilines is 3. The van der Waals surface area contributed by atoms with Gasteiger partial charge in [-0.2, -0.15) is 0 Å². The maximum Gasteiger partial charge on any atom is 0.253 e. The van der Waals surface area contributed by atoms with E-state index in [0.717, 1.165) is 50.3 Å². The van der Waals surface area contributed by atoms with E-state index in [4.69, 9.17) is 0 Å². The van der Waals surface area contributed by atoms with Crippen molar-refractivity contribution >= 4 is 23.4 Å². The highest BCUT2D eigenvalue weighted by molar-refractivity contribution is 5.97. The molecule has 3 aromatic rings. The summed E-state index contributed by atoms with van der Waals surface area (Å²) in [4.78, 5) is 29.9. The van der Waals surface area contributed by atoms with Gasteiger partial charge in [-0.1, -0.05) is 6.92 Å². The van der Waals surface area contributed by atoms with Crippen molar-refractivity contribution in [3.8, 4) is 11.4 Å². The highest BCUT2D eigenvalue weighted by Crippen LogP contribution is 2.28.